The number of nitrogens with zero attached hydrogens (tertiary/aromatic N) is 2. The van der Waals surface area contributed by atoms with Crippen molar-refractivity contribution in [1.82, 2.24) is 4.98 Å². The van der Waals surface area contributed by atoms with Gasteiger partial charge in [-0.25, -0.2) is 4.98 Å². The second kappa shape index (κ2) is 9.75. The van der Waals surface area contributed by atoms with E-state index < -0.39 is 17.7 Å². The number of ketones is 1. The molecule has 4 aromatic rings. The molecule has 1 aromatic heterocycles. The van der Waals surface area contributed by atoms with Crippen molar-refractivity contribution in [3.05, 3.63) is 87.9 Å². The lowest BCUT2D eigenvalue weighted by molar-refractivity contribution is -0.132. The molecule has 1 atom stereocenters. The lowest BCUT2D eigenvalue weighted by Crippen LogP contribution is -2.29. The number of fused-ring (bicyclic) bond motifs is 1. The number of hydrogen-bond donors (Lipinski definition) is 1. The first kappa shape index (κ1) is 24.0. The topological polar surface area (TPSA) is 89.0 Å². The van der Waals surface area contributed by atoms with Gasteiger partial charge in [0, 0.05) is 10.0 Å². The molecule has 3 aromatic carbocycles. The molecule has 0 saturated carbocycles. The highest BCUT2D eigenvalue weighted by Gasteiger charge is 2.48. The smallest absolute Gasteiger partial charge is 0.301 e. The number of aromatic nitrogens is 1. The van der Waals surface area contributed by atoms with Gasteiger partial charge >= 0.3 is 5.91 Å². The van der Waals surface area contributed by atoms with Crippen LogP contribution in [-0.4, -0.2) is 35.5 Å². The first-order valence-corrected chi connectivity index (χ1v) is 12.8. The Hall–Kier alpha value is -3.69. The Balaban J connectivity index is 1.69. The van der Waals surface area contributed by atoms with Crippen LogP contribution in [0.2, 0.25) is 0 Å². The summed E-state index contributed by atoms with van der Waals surface area (Å²) in [5.41, 5.74) is 1.72. The molecule has 182 valence electrons. The minimum Gasteiger partial charge on any atom is -0.507 e. The highest BCUT2D eigenvalue weighted by molar-refractivity contribution is 9.10. The summed E-state index contributed by atoms with van der Waals surface area (Å²) in [7, 11) is 1.58. The van der Waals surface area contributed by atoms with Crippen LogP contribution >= 0.6 is 27.3 Å². The fourth-order valence-electron chi connectivity index (χ4n) is 4.17. The molecular formula is C27H21BrN2O5S. The molecule has 1 saturated heterocycles. The van der Waals surface area contributed by atoms with Gasteiger partial charge in [0.2, 0.25) is 0 Å². The molecule has 5 rings (SSSR count). The van der Waals surface area contributed by atoms with Crippen molar-refractivity contribution >= 4 is 60.1 Å². The number of aliphatic hydroxyl groups is 1. The van der Waals surface area contributed by atoms with Gasteiger partial charge in [0.25, 0.3) is 5.78 Å². The molecule has 1 N–H and O–H groups in total. The van der Waals surface area contributed by atoms with E-state index in [9.17, 15) is 14.7 Å². The van der Waals surface area contributed by atoms with Gasteiger partial charge in [0.1, 0.15) is 17.3 Å². The summed E-state index contributed by atoms with van der Waals surface area (Å²) in [5.74, 6) is -0.585. The summed E-state index contributed by atoms with van der Waals surface area (Å²) < 4.78 is 12.5. The quantitative estimate of drug-likeness (QED) is 0.173. The number of methoxy groups -OCH3 is 1. The molecule has 1 aliphatic rings. The molecule has 0 aliphatic carbocycles. The molecule has 0 spiro atoms. The van der Waals surface area contributed by atoms with E-state index in [1.807, 2.05) is 37.3 Å². The minimum atomic E-state index is -0.865. The maximum atomic E-state index is 13.4. The number of thiazole rings is 1. The van der Waals surface area contributed by atoms with E-state index in [4.69, 9.17) is 9.47 Å². The Morgan fingerprint density at radius 2 is 1.86 bits per heavy atom. The summed E-state index contributed by atoms with van der Waals surface area (Å²) in [5, 5.41) is 11.7. The van der Waals surface area contributed by atoms with Crippen molar-refractivity contribution in [2.75, 3.05) is 18.6 Å². The monoisotopic (exact) mass is 564 g/mol. The average Bonchev–Trinajstić information content (AvgIpc) is 3.42. The Morgan fingerprint density at radius 3 is 2.58 bits per heavy atom. The second-order valence-electron chi connectivity index (χ2n) is 8.01. The zero-order chi connectivity index (χ0) is 25.4. The van der Waals surface area contributed by atoms with Gasteiger partial charge in [-0.1, -0.05) is 51.5 Å². The number of ether oxygens (including phenoxy) is 2. The van der Waals surface area contributed by atoms with Gasteiger partial charge in [-0.15, -0.1) is 0 Å². The summed E-state index contributed by atoms with van der Waals surface area (Å²) >= 11 is 4.71. The number of amides is 1. The molecule has 9 heteroatoms. The SMILES string of the molecule is CCOc1cccc(C(O)=C2C(=O)C(=O)N(c3nc4ccc(OC)cc4s3)C2c2ccc(Br)cc2)c1. The van der Waals surface area contributed by atoms with Crippen LogP contribution in [0.4, 0.5) is 5.13 Å². The van der Waals surface area contributed by atoms with Crippen LogP contribution in [0, 0.1) is 0 Å². The van der Waals surface area contributed by atoms with Gasteiger partial charge in [0.15, 0.2) is 5.13 Å². The molecule has 1 unspecified atom stereocenters. The third kappa shape index (κ3) is 4.25. The standard InChI is InChI=1S/C27H21BrN2O5S/c1-3-35-19-6-4-5-16(13-19)24(31)22-23(15-7-9-17(28)10-8-15)30(26(33)25(22)32)27-29-20-12-11-18(34-2)14-21(20)36-27/h4-14,23,31H,3H2,1-2H3. The molecular weight excluding hydrogens is 544 g/mol. The number of benzene rings is 3. The van der Waals surface area contributed by atoms with E-state index in [2.05, 4.69) is 20.9 Å². The number of carbonyl (C=O) groups excluding carboxylic acids is 2. The molecule has 0 bridgehead atoms. The number of rotatable bonds is 6. The third-order valence-electron chi connectivity index (χ3n) is 5.84. The Morgan fingerprint density at radius 1 is 1.08 bits per heavy atom. The van der Waals surface area contributed by atoms with Crippen LogP contribution < -0.4 is 14.4 Å². The minimum absolute atomic E-state index is 0.00666. The lowest BCUT2D eigenvalue weighted by atomic mass is 9.95. The summed E-state index contributed by atoms with van der Waals surface area (Å²) in [6, 6.07) is 18.7. The Kier molecular flexibility index (Phi) is 6.51. The van der Waals surface area contributed by atoms with Gasteiger partial charge in [-0.05, 0) is 55.0 Å². The number of anilines is 1. The van der Waals surface area contributed by atoms with Crippen LogP contribution in [0.5, 0.6) is 11.5 Å². The predicted octanol–water partition coefficient (Wildman–Crippen LogP) is 6.09. The molecule has 36 heavy (non-hydrogen) atoms. The van der Waals surface area contributed by atoms with Crippen molar-refractivity contribution in [3.8, 4) is 11.5 Å². The Labute approximate surface area is 219 Å². The normalized spacial score (nSPS) is 17.1. The van der Waals surface area contributed by atoms with Crippen molar-refractivity contribution in [2.24, 2.45) is 0 Å². The van der Waals surface area contributed by atoms with Crippen LogP contribution in [0.15, 0.2) is 76.8 Å². The molecule has 1 fully saturated rings. The van der Waals surface area contributed by atoms with Crippen LogP contribution in [0.25, 0.3) is 16.0 Å². The summed E-state index contributed by atoms with van der Waals surface area (Å²) in [4.78, 5) is 32.8. The molecule has 0 radical (unpaired) electrons. The molecule has 2 heterocycles. The fourth-order valence-corrected chi connectivity index (χ4v) is 5.45. The summed E-state index contributed by atoms with van der Waals surface area (Å²) in [6.45, 7) is 2.31. The maximum absolute atomic E-state index is 13.4. The zero-order valence-electron chi connectivity index (χ0n) is 19.4. The number of Topliss-reactive ketones (excluding diaryl/α,β-unsaturated/α-hetero) is 1. The summed E-state index contributed by atoms with van der Waals surface area (Å²) in [6.07, 6.45) is 0. The van der Waals surface area contributed by atoms with Crippen LogP contribution in [0.1, 0.15) is 24.1 Å². The fraction of sp³-hybridized carbons (Fsp3) is 0.148. The van der Waals surface area contributed by atoms with Gasteiger partial charge < -0.3 is 14.6 Å². The highest BCUT2D eigenvalue weighted by atomic mass is 79.9. The van der Waals surface area contributed by atoms with Crippen molar-refractivity contribution in [2.45, 2.75) is 13.0 Å². The second-order valence-corrected chi connectivity index (χ2v) is 9.94. The van der Waals surface area contributed by atoms with E-state index in [0.717, 1.165) is 9.17 Å². The van der Waals surface area contributed by atoms with Gasteiger partial charge in [-0.3, -0.25) is 14.5 Å². The number of halogens is 1. The van der Waals surface area contributed by atoms with Crippen LogP contribution in [-0.2, 0) is 9.59 Å². The van der Waals surface area contributed by atoms with E-state index >= 15 is 0 Å². The highest BCUT2D eigenvalue weighted by Crippen LogP contribution is 2.45. The first-order chi connectivity index (χ1) is 17.4. The molecule has 7 nitrogen and oxygen atoms in total. The van der Waals surface area contributed by atoms with E-state index in [-0.39, 0.29) is 11.3 Å². The van der Waals surface area contributed by atoms with Gasteiger partial charge in [-0.2, -0.15) is 0 Å². The van der Waals surface area contributed by atoms with Gasteiger partial charge in [0.05, 0.1) is 35.5 Å². The van der Waals surface area contributed by atoms with Crippen molar-refractivity contribution in [1.29, 1.82) is 0 Å². The molecule has 1 amide bonds. The average molecular weight is 565 g/mol. The van der Waals surface area contributed by atoms with Crippen LogP contribution in [0.3, 0.4) is 0 Å². The molecule has 1 aliphatic heterocycles. The zero-order valence-corrected chi connectivity index (χ0v) is 21.8. The van der Waals surface area contributed by atoms with E-state index in [1.54, 1.807) is 43.5 Å². The lowest BCUT2D eigenvalue weighted by Gasteiger charge is -2.23. The Bertz CT molecular complexity index is 1510. The third-order valence-corrected chi connectivity index (χ3v) is 7.39. The van der Waals surface area contributed by atoms with Crippen molar-refractivity contribution < 1.29 is 24.2 Å². The number of aliphatic hydroxyl groups excluding tert-OH is 1. The van der Waals surface area contributed by atoms with Crippen molar-refractivity contribution in [3.63, 3.8) is 0 Å². The van der Waals surface area contributed by atoms with E-state index in [1.165, 1.54) is 16.2 Å². The van der Waals surface area contributed by atoms with E-state index in [0.29, 0.717) is 39.9 Å². The number of hydrogen-bond acceptors (Lipinski definition) is 7. The maximum Gasteiger partial charge on any atom is 0.301 e. The first-order valence-electron chi connectivity index (χ1n) is 11.2. The number of carbonyl (C=O) groups is 2. The largest absolute Gasteiger partial charge is 0.507 e. The predicted molar refractivity (Wildman–Crippen MR) is 143 cm³/mol.